The van der Waals surface area contributed by atoms with Gasteiger partial charge in [-0.3, -0.25) is 0 Å². The lowest BCUT2D eigenvalue weighted by Crippen LogP contribution is -2.49. The van der Waals surface area contributed by atoms with E-state index in [4.69, 9.17) is 5.10 Å². The van der Waals surface area contributed by atoms with Crippen molar-refractivity contribution in [3.05, 3.63) is 65.5 Å². The van der Waals surface area contributed by atoms with Gasteiger partial charge in [0.1, 0.15) is 0 Å². The zero-order chi connectivity index (χ0) is 25.6. The summed E-state index contributed by atoms with van der Waals surface area (Å²) in [6.45, 7) is 9.25. The molecule has 4 aliphatic rings. The Labute approximate surface area is 223 Å². The quantitative estimate of drug-likeness (QED) is 0.316. The third-order valence-electron chi connectivity index (χ3n) is 10.7. The number of allylic oxidation sites excluding steroid dienone is 3. The molecule has 6 rings (SSSR count). The van der Waals surface area contributed by atoms with E-state index in [1.807, 2.05) is 0 Å². The van der Waals surface area contributed by atoms with Crippen molar-refractivity contribution in [3.8, 4) is 5.69 Å². The van der Waals surface area contributed by atoms with E-state index in [1.165, 1.54) is 55.4 Å². The molecule has 6 atom stereocenters. The molecule has 0 saturated heterocycles. The fraction of sp³-hybridized carbons (Fsp3) is 0.606. The van der Waals surface area contributed by atoms with E-state index in [0.717, 1.165) is 49.9 Å². The van der Waals surface area contributed by atoms with Crippen molar-refractivity contribution in [1.82, 2.24) is 15.1 Å². The van der Waals surface area contributed by atoms with Crippen LogP contribution in [0.2, 0.25) is 0 Å². The van der Waals surface area contributed by atoms with Gasteiger partial charge in [-0.2, -0.15) is 5.10 Å². The van der Waals surface area contributed by atoms with Crippen LogP contribution in [0.15, 0.2) is 54.3 Å². The van der Waals surface area contributed by atoms with Gasteiger partial charge in [0.2, 0.25) is 0 Å². The molecule has 2 aromatic rings. The van der Waals surface area contributed by atoms with E-state index in [1.54, 1.807) is 5.57 Å². The monoisotopic (exact) mass is 499 g/mol. The minimum atomic E-state index is -0.131. The van der Waals surface area contributed by atoms with Crippen molar-refractivity contribution in [1.29, 1.82) is 0 Å². The lowest BCUT2D eigenvalue weighted by atomic mass is 9.47. The van der Waals surface area contributed by atoms with Crippen LogP contribution in [0.1, 0.15) is 89.8 Å². The number of hydrogen-bond acceptors (Lipinski definition) is 3. The van der Waals surface area contributed by atoms with Gasteiger partial charge >= 0.3 is 0 Å². The molecule has 0 amide bonds. The van der Waals surface area contributed by atoms with E-state index >= 15 is 0 Å². The Bertz CT molecular complexity index is 1180. The topological polar surface area (TPSA) is 50.1 Å². The smallest absolute Gasteiger partial charge is 0.0934 e. The summed E-state index contributed by atoms with van der Waals surface area (Å²) >= 11 is 0. The van der Waals surface area contributed by atoms with Gasteiger partial charge in [-0.05, 0) is 104 Å². The first-order valence-electron chi connectivity index (χ1n) is 14.9. The molecule has 2 saturated carbocycles. The van der Waals surface area contributed by atoms with Crippen molar-refractivity contribution in [2.75, 3.05) is 6.54 Å². The van der Waals surface area contributed by atoms with Crippen molar-refractivity contribution >= 4 is 5.57 Å². The maximum atomic E-state index is 10.3. The summed E-state index contributed by atoms with van der Waals surface area (Å²) in [6.07, 6.45) is 17.6. The summed E-state index contributed by atoms with van der Waals surface area (Å²) in [6, 6.07) is 10.6. The summed E-state index contributed by atoms with van der Waals surface area (Å²) in [5, 5.41) is 19.3. The molecule has 37 heavy (non-hydrogen) atoms. The molecular formula is C33H45N3O. The van der Waals surface area contributed by atoms with E-state index < -0.39 is 0 Å². The van der Waals surface area contributed by atoms with Gasteiger partial charge in [0, 0.05) is 18.3 Å². The highest BCUT2D eigenvalue weighted by molar-refractivity contribution is 5.73. The van der Waals surface area contributed by atoms with Gasteiger partial charge in [0.15, 0.2) is 0 Å². The molecule has 4 aliphatic carbocycles. The van der Waals surface area contributed by atoms with Crippen LogP contribution in [0.4, 0.5) is 0 Å². The van der Waals surface area contributed by atoms with Crippen molar-refractivity contribution < 1.29 is 5.11 Å². The Balaban J connectivity index is 1.31. The number of nitrogens with one attached hydrogen (secondary N) is 1. The van der Waals surface area contributed by atoms with Crippen LogP contribution in [-0.2, 0) is 6.54 Å². The van der Waals surface area contributed by atoms with E-state index in [0.29, 0.717) is 5.92 Å². The molecule has 0 aliphatic heterocycles. The summed E-state index contributed by atoms with van der Waals surface area (Å²) in [5.74, 6) is 2.17. The average Bonchev–Trinajstić information content (AvgIpc) is 3.48. The van der Waals surface area contributed by atoms with Crippen molar-refractivity contribution in [2.45, 2.75) is 91.2 Å². The molecular weight excluding hydrogens is 454 g/mol. The maximum absolute atomic E-state index is 10.3. The minimum Gasteiger partial charge on any atom is -0.393 e. The maximum Gasteiger partial charge on any atom is 0.0934 e. The van der Waals surface area contributed by atoms with Gasteiger partial charge < -0.3 is 10.4 Å². The SMILES string of the molecule is CCCCNCc1cn(-c2ccccc2)nc1C1=CC[C@H]2[C@@H]3CC=C4C[C@@H](O)CC[C@]4(C)[C@H]3CC[C@]12C. The molecule has 198 valence electrons. The van der Waals surface area contributed by atoms with Gasteiger partial charge in [-0.25, -0.2) is 4.68 Å². The third-order valence-corrected chi connectivity index (χ3v) is 10.7. The molecule has 2 N–H and O–H groups in total. The Morgan fingerprint density at radius 3 is 2.65 bits per heavy atom. The second-order valence-electron chi connectivity index (χ2n) is 12.8. The van der Waals surface area contributed by atoms with E-state index in [2.05, 4.69) is 79.5 Å². The molecule has 1 aromatic carbocycles. The summed E-state index contributed by atoms with van der Waals surface area (Å²) in [4.78, 5) is 0. The van der Waals surface area contributed by atoms with E-state index in [9.17, 15) is 5.11 Å². The molecule has 2 fully saturated rings. The molecule has 0 spiro atoms. The van der Waals surface area contributed by atoms with Crippen LogP contribution >= 0.6 is 0 Å². The second kappa shape index (κ2) is 9.85. The summed E-state index contributed by atoms with van der Waals surface area (Å²) in [5.41, 5.74) is 7.20. The lowest BCUT2D eigenvalue weighted by Gasteiger charge is -2.57. The molecule has 0 unspecified atom stereocenters. The Kier molecular flexibility index (Phi) is 6.69. The second-order valence-corrected chi connectivity index (χ2v) is 12.8. The van der Waals surface area contributed by atoms with Crippen molar-refractivity contribution in [2.24, 2.45) is 28.6 Å². The minimum absolute atomic E-state index is 0.131. The highest BCUT2D eigenvalue weighted by Crippen LogP contribution is 2.66. The summed E-state index contributed by atoms with van der Waals surface area (Å²) < 4.78 is 2.10. The number of rotatable bonds is 7. The number of hydrogen-bond donors (Lipinski definition) is 2. The highest BCUT2D eigenvalue weighted by atomic mass is 16.3. The van der Waals surface area contributed by atoms with Crippen LogP contribution in [0, 0.1) is 28.6 Å². The van der Waals surface area contributed by atoms with Gasteiger partial charge in [-0.1, -0.05) is 63.1 Å². The van der Waals surface area contributed by atoms with Crippen LogP contribution in [0.3, 0.4) is 0 Å². The van der Waals surface area contributed by atoms with Crippen LogP contribution < -0.4 is 5.32 Å². The first kappa shape index (κ1) is 25.1. The third kappa shape index (κ3) is 4.25. The Morgan fingerprint density at radius 2 is 1.84 bits per heavy atom. The van der Waals surface area contributed by atoms with Gasteiger partial charge in [-0.15, -0.1) is 0 Å². The molecule has 1 aromatic heterocycles. The normalized spacial score (nSPS) is 34.8. The molecule has 0 bridgehead atoms. The standard InChI is InChI=1S/C33H45N3O/c1-4-5-19-34-21-23-22-36(25-9-7-6-8-10-25)35-31(23)30-14-13-28-27-12-11-24-20-26(37)15-17-32(24,2)29(27)16-18-33(28,30)3/h6-11,14,22,26-29,34,37H,4-5,12-13,15-21H2,1-3H3/t26-,27-,28-,29-,32-,33-/m0/s1. The molecule has 4 nitrogen and oxygen atoms in total. The van der Waals surface area contributed by atoms with E-state index in [-0.39, 0.29) is 16.9 Å². The number of benzene rings is 1. The molecule has 1 heterocycles. The van der Waals surface area contributed by atoms with Crippen LogP contribution in [0.25, 0.3) is 11.3 Å². The fourth-order valence-electron chi connectivity index (χ4n) is 8.58. The number of aromatic nitrogens is 2. The molecule has 4 heteroatoms. The zero-order valence-corrected chi connectivity index (χ0v) is 23.0. The number of nitrogens with zero attached hydrogens (tertiary/aromatic N) is 2. The Hall–Kier alpha value is -2.17. The largest absolute Gasteiger partial charge is 0.393 e. The lowest BCUT2D eigenvalue weighted by molar-refractivity contribution is -0.0238. The first-order valence-corrected chi connectivity index (χ1v) is 14.9. The van der Waals surface area contributed by atoms with Gasteiger partial charge in [0.05, 0.1) is 17.5 Å². The highest BCUT2D eigenvalue weighted by Gasteiger charge is 2.57. The van der Waals surface area contributed by atoms with Gasteiger partial charge in [0.25, 0.3) is 0 Å². The molecule has 0 radical (unpaired) electrons. The predicted octanol–water partition coefficient (Wildman–Crippen LogP) is 7.08. The first-order chi connectivity index (χ1) is 17.9. The average molecular weight is 500 g/mol. The van der Waals surface area contributed by atoms with Crippen LogP contribution in [0.5, 0.6) is 0 Å². The number of fused-ring (bicyclic) bond motifs is 5. The van der Waals surface area contributed by atoms with Crippen LogP contribution in [-0.4, -0.2) is 27.5 Å². The zero-order valence-electron chi connectivity index (χ0n) is 23.0. The Morgan fingerprint density at radius 1 is 1.03 bits per heavy atom. The van der Waals surface area contributed by atoms with Crippen molar-refractivity contribution in [3.63, 3.8) is 0 Å². The summed E-state index contributed by atoms with van der Waals surface area (Å²) in [7, 11) is 0. The fourth-order valence-corrected chi connectivity index (χ4v) is 8.58. The number of aliphatic hydroxyl groups is 1. The number of aliphatic hydroxyl groups excluding tert-OH is 1. The predicted molar refractivity (Wildman–Crippen MR) is 151 cm³/mol. The number of para-hydroxylation sites is 1. The number of unbranched alkanes of at least 4 members (excludes halogenated alkanes) is 1.